The smallest absolute Gasteiger partial charge is 0.223 e. The van der Waals surface area contributed by atoms with E-state index in [0.717, 1.165) is 11.1 Å². The molecule has 0 atom stereocenters. The van der Waals surface area contributed by atoms with Crippen molar-refractivity contribution in [1.29, 1.82) is 0 Å². The first-order valence-electron chi connectivity index (χ1n) is 9.20. The number of nitrogens with zero attached hydrogens (tertiary/aromatic N) is 1. The summed E-state index contributed by atoms with van der Waals surface area (Å²) in [5, 5.41) is 0. The predicted octanol–water partition coefficient (Wildman–Crippen LogP) is 5.11. The van der Waals surface area contributed by atoms with Gasteiger partial charge >= 0.3 is 0 Å². The van der Waals surface area contributed by atoms with Gasteiger partial charge in [0.1, 0.15) is 5.82 Å². The molecular weight excluding hydrogens is 353 g/mol. The molecule has 0 N–H and O–H groups in total. The number of rotatable bonds is 7. The minimum Gasteiger partial charge on any atom is -0.341 e. The van der Waals surface area contributed by atoms with E-state index in [2.05, 4.69) is 0 Å². The summed E-state index contributed by atoms with van der Waals surface area (Å²) < 4.78 is 13.7. The van der Waals surface area contributed by atoms with Crippen LogP contribution in [0.3, 0.4) is 0 Å². The fourth-order valence-corrected chi connectivity index (χ4v) is 3.01. The van der Waals surface area contributed by atoms with Gasteiger partial charge in [-0.2, -0.15) is 0 Å². The minimum atomic E-state index is -0.336. The van der Waals surface area contributed by atoms with Gasteiger partial charge in [0.25, 0.3) is 0 Å². The third kappa shape index (κ3) is 4.92. The van der Waals surface area contributed by atoms with Crippen molar-refractivity contribution in [2.24, 2.45) is 0 Å². The van der Waals surface area contributed by atoms with Crippen LogP contribution in [0.15, 0.2) is 78.9 Å². The van der Waals surface area contributed by atoms with Crippen molar-refractivity contribution in [3.63, 3.8) is 0 Å². The lowest BCUT2D eigenvalue weighted by atomic mass is 10.0. The van der Waals surface area contributed by atoms with Gasteiger partial charge in [0.15, 0.2) is 5.78 Å². The Bertz CT molecular complexity index is 952. The van der Waals surface area contributed by atoms with Crippen molar-refractivity contribution in [2.45, 2.75) is 19.4 Å². The summed E-state index contributed by atoms with van der Waals surface area (Å²) in [6.07, 6.45) is 0.231. The van der Waals surface area contributed by atoms with Crippen LogP contribution < -0.4 is 0 Å². The number of Topliss-reactive ketones (excluding diaryl/α,β-unsaturated/α-hetero) is 1. The molecule has 0 aliphatic carbocycles. The summed E-state index contributed by atoms with van der Waals surface area (Å²) in [5.74, 6) is -0.596. The zero-order valence-corrected chi connectivity index (χ0v) is 15.8. The summed E-state index contributed by atoms with van der Waals surface area (Å²) in [7, 11) is 1.62. The number of benzene rings is 3. The summed E-state index contributed by atoms with van der Waals surface area (Å²) in [6.45, 7) is 0.186. The zero-order chi connectivity index (χ0) is 19.9. The molecule has 28 heavy (non-hydrogen) atoms. The molecule has 0 unspecified atom stereocenters. The van der Waals surface area contributed by atoms with Crippen LogP contribution in [0.1, 0.15) is 28.8 Å². The van der Waals surface area contributed by atoms with Crippen LogP contribution in [-0.4, -0.2) is 23.6 Å². The van der Waals surface area contributed by atoms with Gasteiger partial charge in [0.2, 0.25) is 5.91 Å². The van der Waals surface area contributed by atoms with E-state index in [0.29, 0.717) is 11.1 Å². The van der Waals surface area contributed by atoms with Crippen LogP contribution in [0.5, 0.6) is 0 Å². The Hall–Kier alpha value is -3.27. The van der Waals surface area contributed by atoms with Gasteiger partial charge in [-0.25, -0.2) is 4.39 Å². The second-order valence-electron chi connectivity index (χ2n) is 6.71. The van der Waals surface area contributed by atoms with Crippen molar-refractivity contribution in [2.75, 3.05) is 7.05 Å². The molecule has 1 amide bonds. The first kappa shape index (κ1) is 19.5. The van der Waals surface area contributed by atoms with Crippen LogP contribution in [0.4, 0.5) is 4.39 Å². The van der Waals surface area contributed by atoms with Crippen molar-refractivity contribution >= 4 is 11.7 Å². The second-order valence-corrected chi connectivity index (χ2v) is 6.71. The third-order valence-corrected chi connectivity index (χ3v) is 4.67. The van der Waals surface area contributed by atoms with Gasteiger partial charge in [-0.05, 0) is 17.2 Å². The van der Waals surface area contributed by atoms with Crippen LogP contribution in [0.25, 0.3) is 11.1 Å². The fraction of sp³-hybridized carbons (Fsp3) is 0.167. The number of ketones is 1. The molecule has 0 aromatic heterocycles. The first-order chi connectivity index (χ1) is 13.5. The highest BCUT2D eigenvalue weighted by Gasteiger charge is 2.14. The van der Waals surface area contributed by atoms with Crippen LogP contribution in [0, 0.1) is 5.82 Å². The van der Waals surface area contributed by atoms with E-state index in [9.17, 15) is 14.0 Å². The second kappa shape index (κ2) is 9.09. The Morgan fingerprint density at radius 3 is 2.07 bits per heavy atom. The van der Waals surface area contributed by atoms with E-state index in [-0.39, 0.29) is 36.9 Å². The highest BCUT2D eigenvalue weighted by molar-refractivity contribution is 5.98. The van der Waals surface area contributed by atoms with Crippen molar-refractivity contribution in [3.05, 3.63) is 95.8 Å². The Morgan fingerprint density at radius 1 is 0.786 bits per heavy atom. The Kier molecular flexibility index (Phi) is 6.33. The van der Waals surface area contributed by atoms with E-state index in [1.807, 2.05) is 42.5 Å². The third-order valence-electron chi connectivity index (χ3n) is 4.67. The first-order valence-corrected chi connectivity index (χ1v) is 9.20. The average Bonchev–Trinajstić information content (AvgIpc) is 2.74. The summed E-state index contributed by atoms with van der Waals surface area (Å²) in [6, 6.07) is 23.7. The number of hydrogen-bond donors (Lipinski definition) is 0. The molecule has 3 rings (SSSR count). The number of halogens is 1. The van der Waals surface area contributed by atoms with E-state index in [4.69, 9.17) is 0 Å². The molecule has 0 bridgehead atoms. The zero-order valence-electron chi connectivity index (χ0n) is 15.8. The molecule has 3 nitrogen and oxygen atoms in total. The average molecular weight is 375 g/mol. The Balaban J connectivity index is 1.54. The normalized spacial score (nSPS) is 10.5. The van der Waals surface area contributed by atoms with Crippen LogP contribution in [0.2, 0.25) is 0 Å². The van der Waals surface area contributed by atoms with Gasteiger partial charge in [-0.3, -0.25) is 9.59 Å². The monoisotopic (exact) mass is 375 g/mol. The van der Waals surface area contributed by atoms with Crippen molar-refractivity contribution in [3.8, 4) is 11.1 Å². The maximum absolute atomic E-state index is 13.7. The quantitative estimate of drug-likeness (QED) is 0.538. The van der Waals surface area contributed by atoms with Crippen molar-refractivity contribution in [1.82, 2.24) is 4.90 Å². The topological polar surface area (TPSA) is 37.4 Å². The standard InChI is InChI=1S/C24H22FNO2/c1-26(17-21-9-5-6-10-22(21)25)24(28)16-15-23(27)20-13-11-19(12-14-20)18-7-3-2-4-8-18/h2-14H,15-17H2,1H3. The number of amides is 1. The summed E-state index contributed by atoms with van der Waals surface area (Å²) in [4.78, 5) is 26.1. The molecule has 142 valence electrons. The summed E-state index contributed by atoms with van der Waals surface area (Å²) >= 11 is 0. The lowest BCUT2D eigenvalue weighted by Crippen LogP contribution is -2.27. The Morgan fingerprint density at radius 2 is 1.39 bits per heavy atom. The van der Waals surface area contributed by atoms with Gasteiger partial charge in [-0.15, -0.1) is 0 Å². The van der Waals surface area contributed by atoms with Gasteiger partial charge < -0.3 is 4.90 Å². The largest absolute Gasteiger partial charge is 0.341 e. The maximum atomic E-state index is 13.7. The molecule has 3 aromatic rings. The molecule has 0 saturated carbocycles. The molecule has 0 saturated heterocycles. The van der Waals surface area contributed by atoms with E-state index >= 15 is 0 Å². The molecule has 3 aromatic carbocycles. The van der Waals surface area contributed by atoms with Crippen LogP contribution >= 0.6 is 0 Å². The number of hydrogen-bond acceptors (Lipinski definition) is 2. The van der Waals surface area contributed by atoms with Gasteiger partial charge in [0, 0.05) is 37.6 Å². The fourth-order valence-electron chi connectivity index (χ4n) is 3.01. The molecule has 0 heterocycles. The summed E-state index contributed by atoms with van der Waals surface area (Å²) in [5.41, 5.74) is 3.18. The maximum Gasteiger partial charge on any atom is 0.223 e. The number of carbonyl (C=O) groups excluding carboxylic acids is 2. The molecule has 4 heteroatoms. The molecule has 0 radical (unpaired) electrons. The SMILES string of the molecule is CN(Cc1ccccc1F)C(=O)CCC(=O)c1ccc(-c2ccccc2)cc1. The van der Waals surface area contributed by atoms with Gasteiger partial charge in [0.05, 0.1) is 0 Å². The molecular formula is C24H22FNO2. The van der Waals surface area contributed by atoms with E-state index < -0.39 is 0 Å². The van der Waals surface area contributed by atoms with E-state index in [1.165, 1.54) is 11.0 Å². The molecule has 0 aliphatic heterocycles. The number of carbonyl (C=O) groups is 2. The van der Waals surface area contributed by atoms with Gasteiger partial charge in [-0.1, -0.05) is 72.8 Å². The van der Waals surface area contributed by atoms with E-state index in [1.54, 1.807) is 37.4 Å². The lowest BCUT2D eigenvalue weighted by Gasteiger charge is -2.17. The highest BCUT2D eigenvalue weighted by atomic mass is 19.1. The minimum absolute atomic E-state index is 0.0766. The highest BCUT2D eigenvalue weighted by Crippen LogP contribution is 2.20. The molecule has 0 aliphatic rings. The van der Waals surface area contributed by atoms with Crippen LogP contribution in [-0.2, 0) is 11.3 Å². The van der Waals surface area contributed by atoms with Crippen molar-refractivity contribution < 1.29 is 14.0 Å². The molecule has 0 fully saturated rings. The Labute approximate surface area is 164 Å². The molecule has 0 spiro atoms. The predicted molar refractivity (Wildman–Crippen MR) is 108 cm³/mol. The lowest BCUT2D eigenvalue weighted by molar-refractivity contribution is -0.130.